The largest absolute Gasteiger partial charge is 0.383 e. The van der Waals surface area contributed by atoms with E-state index in [1.54, 1.807) is 6.92 Å². The molecule has 38 valence electrons. The van der Waals surface area contributed by atoms with Gasteiger partial charge in [-0.15, -0.1) is 5.73 Å². The van der Waals surface area contributed by atoms with E-state index in [0.29, 0.717) is 5.57 Å². The van der Waals surface area contributed by atoms with E-state index in [2.05, 4.69) is 12.3 Å². The minimum absolute atomic E-state index is 0.0370. The fourth-order valence-corrected chi connectivity index (χ4v) is 0.0952. The molecule has 0 aromatic heterocycles. The summed E-state index contributed by atoms with van der Waals surface area (Å²) in [6.07, 6.45) is 0. The number of hydrogen-bond donors (Lipinski definition) is 2. The Morgan fingerprint density at radius 1 is 1.86 bits per heavy atom. The Morgan fingerprint density at radius 3 is 2.29 bits per heavy atom. The van der Waals surface area contributed by atoms with Crippen molar-refractivity contribution in [3.63, 3.8) is 0 Å². The zero-order chi connectivity index (χ0) is 5.86. The van der Waals surface area contributed by atoms with Crippen molar-refractivity contribution < 1.29 is 0 Å². The van der Waals surface area contributed by atoms with Gasteiger partial charge in [-0.05, 0) is 6.92 Å². The molecule has 0 bridgehead atoms. The number of rotatable bonds is 1. The molecule has 0 amide bonds. The molecule has 7 heavy (non-hydrogen) atoms. The van der Waals surface area contributed by atoms with Crippen LogP contribution in [0.3, 0.4) is 0 Å². The maximum atomic E-state index is 6.74. The molecule has 0 fully saturated rings. The van der Waals surface area contributed by atoms with Gasteiger partial charge in [0.1, 0.15) is 5.84 Å². The highest BCUT2D eigenvalue weighted by Gasteiger charge is 1.84. The third kappa shape index (κ3) is 1.79. The number of nitrogens with two attached hydrogens (primary N) is 1. The molecule has 0 atom stereocenters. The van der Waals surface area contributed by atoms with Crippen LogP contribution in [-0.2, 0) is 0 Å². The lowest BCUT2D eigenvalue weighted by Gasteiger charge is -1.86. The monoisotopic (exact) mass is 96.1 g/mol. The zero-order valence-electron chi connectivity index (χ0n) is 4.28. The topological polar surface area (TPSA) is 49.9 Å². The van der Waals surface area contributed by atoms with E-state index in [9.17, 15) is 0 Å². The van der Waals surface area contributed by atoms with Gasteiger partial charge in [0, 0.05) is 5.57 Å². The Labute approximate surface area is 42.8 Å². The van der Waals surface area contributed by atoms with E-state index >= 15 is 0 Å². The molecule has 3 N–H and O–H groups in total. The average molecular weight is 96.1 g/mol. The highest BCUT2D eigenvalue weighted by atomic mass is 14.7. The first-order valence-electron chi connectivity index (χ1n) is 1.89. The molecule has 0 saturated heterocycles. The van der Waals surface area contributed by atoms with E-state index in [0.717, 1.165) is 0 Å². The molecular formula is C5H8N2. The van der Waals surface area contributed by atoms with E-state index in [4.69, 9.17) is 11.1 Å². The maximum absolute atomic E-state index is 6.74. The van der Waals surface area contributed by atoms with E-state index in [1.807, 2.05) is 0 Å². The second-order valence-electron chi connectivity index (χ2n) is 1.22. The molecule has 0 unspecified atom stereocenters. The summed E-state index contributed by atoms with van der Waals surface area (Å²) in [5.74, 6) is 0.0370. The van der Waals surface area contributed by atoms with Crippen LogP contribution < -0.4 is 5.73 Å². The normalized spacial score (nSPS) is 7.00. The lowest BCUT2D eigenvalue weighted by atomic mass is 10.3. The van der Waals surface area contributed by atoms with Crippen molar-refractivity contribution in [2.45, 2.75) is 6.92 Å². The standard InChI is InChI=1S/C5H8N2/c1-3-4(2)5(6)7/h1H2,2H3,(H3,6,7). The summed E-state index contributed by atoms with van der Waals surface area (Å²) in [5.41, 5.74) is 8.07. The Balaban J connectivity index is 4.10. The van der Waals surface area contributed by atoms with Gasteiger partial charge in [-0.2, -0.15) is 0 Å². The molecule has 0 aromatic carbocycles. The minimum atomic E-state index is 0.0370. The Morgan fingerprint density at radius 2 is 2.29 bits per heavy atom. The van der Waals surface area contributed by atoms with Gasteiger partial charge in [0.25, 0.3) is 0 Å². The highest BCUT2D eigenvalue weighted by molar-refractivity contribution is 5.93. The van der Waals surface area contributed by atoms with Gasteiger partial charge in [-0.1, -0.05) is 6.58 Å². The van der Waals surface area contributed by atoms with Crippen molar-refractivity contribution in [2.75, 3.05) is 0 Å². The second kappa shape index (κ2) is 2.21. The van der Waals surface area contributed by atoms with Gasteiger partial charge in [-0.3, -0.25) is 5.41 Å². The van der Waals surface area contributed by atoms with Crippen LogP contribution in [0.1, 0.15) is 6.92 Å². The molecule has 0 aliphatic rings. The zero-order valence-corrected chi connectivity index (χ0v) is 4.28. The van der Waals surface area contributed by atoms with Crippen molar-refractivity contribution >= 4 is 5.84 Å². The second-order valence-corrected chi connectivity index (χ2v) is 1.22. The molecule has 0 heterocycles. The Hall–Kier alpha value is -1.01. The third-order valence-electron chi connectivity index (χ3n) is 0.669. The van der Waals surface area contributed by atoms with Gasteiger partial charge >= 0.3 is 0 Å². The smallest absolute Gasteiger partial charge is 0.126 e. The molecule has 0 rings (SSSR count). The minimum Gasteiger partial charge on any atom is -0.383 e. The van der Waals surface area contributed by atoms with Crippen LogP contribution in [0.2, 0.25) is 0 Å². The van der Waals surface area contributed by atoms with Crippen LogP contribution in [0.4, 0.5) is 0 Å². The van der Waals surface area contributed by atoms with Gasteiger partial charge < -0.3 is 5.73 Å². The van der Waals surface area contributed by atoms with Gasteiger partial charge in [-0.25, -0.2) is 0 Å². The van der Waals surface area contributed by atoms with Crippen molar-refractivity contribution in [3.8, 4) is 0 Å². The molecule has 0 aliphatic carbocycles. The summed E-state index contributed by atoms with van der Waals surface area (Å²) in [5, 5.41) is 6.74. The molecule has 0 aromatic rings. The third-order valence-corrected chi connectivity index (χ3v) is 0.669. The summed E-state index contributed by atoms with van der Waals surface area (Å²) >= 11 is 0. The van der Waals surface area contributed by atoms with Crippen molar-refractivity contribution in [1.82, 2.24) is 0 Å². The fourth-order valence-electron chi connectivity index (χ4n) is 0.0952. The van der Waals surface area contributed by atoms with Crippen molar-refractivity contribution in [2.24, 2.45) is 5.73 Å². The van der Waals surface area contributed by atoms with E-state index < -0.39 is 0 Å². The lowest BCUT2D eigenvalue weighted by molar-refractivity contribution is 1.40. The number of nitrogens with one attached hydrogen (secondary N) is 1. The molecule has 0 saturated carbocycles. The average Bonchev–Trinajstić information content (AvgIpc) is 1.65. The molecule has 0 aliphatic heterocycles. The Kier molecular flexibility index (Phi) is 1.89. The summed E-state index contributed by atoms with van der Waals surface area (Å²) in [4.78, 5) is 0. The Bertz CT molecular complexity index is 129. The van der Waals surface area contributed by atoms with Crippen LogP contribution in [0.15, 0.2) is 17.9 Å². The molecule has 2 heteroatoms. The first-order chi connectivity index (χ1) is 3.18. The first kappa shape index (κ1) is 5.99. The van der Waals surface area contributed by atoms with E-state index in [1.165, 1.54) is 0 Å². The summed E-state index contributed by atoms with van der Waals surface area (Å²) in [6.45, 7) is 4.99. The van der Waals surface area contributed by atoms with Crippen molar-refractivity contribution in [1.29, 1.82) is 5.41 Å². The molecule has 2 nitrogen and oxygen atoms in total. The predicted molar refractivity (Wildman–Crippen MR) is 30.2 cm³/mol. The maximum Gasteiger partial charge on any atom is 0.126 e. The lowest BCUT2D eigenvalue weighted by Crippen LogP contribution is -2.09. The van der Waals surface area contributed by atoms with E-state index in [-0.39, 0.29) is 5.84 Å². The summed E-state index contributed by atoms with van der Waals surface area (Å²) in [7, 11) is 0. The number of amidine groups is 1. The quantitative estimate of drug-likeness (QED) is 0.281. The molecule has 0 spiro atoms. The van der Waals surface area contributed by atoms with Gasteiger partial charge in [0.15, 0.2) is 0 Å². The first-order valence-corrected chi connectivity index (χ1v) is 1.89. The van der Waals surface area contributed by atoms with Crippen molar-refractivity contribution in [3.05, 3.63) is 17.9 Å². The highest BCUT2D eigenvalue weighted by Crippen LogP contribution is 1.82. The van der Waals surface area contributed by atoms with Crippen LogP contribution in [0.25, 0.3) is 0 Å². The van der Waals surface area contributed by atoms with Crippen LogP contribution in [-0.4, -0.2) is 5.84 Å². The van der Waals surface area contributed by atoms with Crippen LogP contribution >= 0.6 is 0 Å². The molecular weight excluding hydrogens is 88.1 g/mol. The molecule has 0 radical (unpaired) electrons. The number of hydrogen-bond acceptors (Lipinski definition) is 1. The fraction of sp³-hybridized carbons (Fsp3) is 0.200. The predicted octanol–water partition coefficient (Wildman–Crippen LogP) is 0.654. The summed E-state index contributed by atoms with van der Waals surface area (Å²) < 4.78 is 0. The van der Waals surface area contributed by atoms with Gasteiger partial charge in [0.05, 0.1) is 0 Å². The SMILES string of the molecule is C=C=C(C)C(=N)N. The van der Waals surface area contributed by atoms with Crippen LogP contribution in [0, 0.1) is 5.41 Å². The summed E-state index contributed by atoms with van der Waals surface area (Å²) in [6, 6.07) is 0. The van der Waals surface area contributed by atoms with Crippen LogP contribution in [0.5, 0.6) is 0 Å². The van der Waals surface area contributed by atoms with Gasteiger partial charge in [0.2, 0.25) is 0 Å².